The van der Waals surface area contributed by atoms with Crippen LogP contribution in [0, 0.1) is 0 Å². The number of anilines is 2. The fourth-order valence-electron chi connectivity index (χ4n) is 3.65. The van der Waals surface area contributed by atoms with Gasteiger partial charge >= 0.3 is 0 Å². The van der Waals surface area contributed by atoms with E-state index in [0.29, 0.717) is 17.3 Å². The Morgan fingerprint density at radius 2 is 1.79 bits per heavy atom. The van der Waals surface area contributed by atoms with Crippen LogP contribution in [0.25, 0.3) is 11.0 Å². The molecule has 1 aliphatic rings. The second-order valence-electron chi connectivity index (χ2n) is 6.60. The average Bonchev–Trinajstić information content (AvgIpc) is 3.09. The SMILES string of the molecule is Nc1c(C2CCN(Cc3ccccc3)CC2)nc2[nH]ccc2c1N. The maximum absolute atomic E-state index is 6.28. The summed E-state index contributed by atoms with van der Waals surface area (Å²) in [6, 6.07) is 12.6. The Labute approximate surface area is 141 Å². The molecule has 0 atom stereocenters. The standard InChI is InChI=1S/C19H23N5/c20-16-15-6-9-22-19(15)23-18(17(16)21)14-7-10-24(11-8-14)12-13-4-2-1-3-5-13/h1-6,9,14H,7-8,10-12,21H2,(H3,20,22,23). The summed E-state index contributed by atoms with van der Waals surface area (Å²) in [5.41, 5.74) is 17.0. The minimum atomic E-state index is 0.382. The van der Waals surface area contributed by atoms with E-state index < -0.39 is 0 Å². The monoisotopic (exact) mass is 321 g/mol. The first-order chi connectivity index (χ1) is 11.7. The second kappa shape index (κ2) is 6.17. The van der Waals surface area contributed by atoms with Crippen LogP contribution in [0.2, 0.25) is 0 Å². The van der Waals surface area contributed by atoms with Crippen LogP contribution in [-0.2, 0) is 6.54 Å². The summed E-state index contributed by atoms with van der Waals surface area (Å²) in [5, 5.41) is 0.915. The van der Waals surface area contributed by atoms with E-state index in [9.17, 15) is 0 Å². The molecule has 1 aromatic carbocycles. The third kappa shape index (κ3) is 2.71. The van der Waals surface area contributed by atoms with Crippen LogP contribution in [0.3, 0.4) is 0 Å². The van der Waals surface area contributed by atoms with Crippen molar-refractivity contribution in [3.63, 3.8) is 0 Å². The van der Waals surface area contributed by atoms with Gasteiger partial charge in [0.2, 0.25) is 0 Å². The molecule has 0 unspecified atom stereocenters. The number of hydrogen-bond donors (Lipinski definition) is 3. The Kier molecular flexibility index (Phi) is 3.86. The number of nitrogen functional groups attached to an aromatic ring is 2. The van der Waals surface area contributed by atoms with Crippen LogP contribution in [-0.4, -0.2) is 28.0 Å². The molecule has 5 heteroatoms. The normalized spacial score (nSPS) is 16.7. The number of fused-ring (bicyclic) bond motifs is 1. The van der Waals surface area contributed by atoms with Crippen molar-refractivity contribution >= 4 is 22.4 Å². The van der Waals surface area contributed by atoms with E-state index in [1.807, 2.05) is 12.3 Å². The minimum absolute atomic E-state index is 0.382. The predicted octanol–water partition coefficient (Wildman–Crippen LogP) is 3.11. The van der Waals surface area contributed by atoms with E-state index in [2.05, 4.69) is 40.2 Å². The number of rotatable bonds is 3. The van der Waals surface area contributed by atoms with Gasteiger partial charge in [-0.25, -0.2) is 4.98 Å². The lowest BCUT2D eigenvalue weighted by molar-refractivity contribution is 0.203. The summed E-state index contributed by atoms with van der Waals surface area (Å²) >= 11 is 0. The molecular weight excluding hydrogens is 298 g/mol. The molecule has 0 spiro atoms. The topological polar surface area (TPSA) is 84.0 Å². The number of piperidine rings is 1. The molecule has 5 N–H and O–H groups in total. The summed E-state index contributed by atoms with van der Waals surface area (Å²) in [6.07, 6.45) is 3.99. The van der Waals surface area contributed by atoms with Crippen molar-refractivity contribution in [2.75, 3.05) is 24.6 Å². The summed E-state index contributed by atoms with van der Waals surface area (Å²) in [7, 11) is 0. The van der Waals surface area contributed by atoms with Gasteiger partial charge in [0.25, 0.3) is 0 Å². The van der Waals surface area contributed by atoms with Crippen LogP contribution >= 0.6 is 0 Å². The molecule has 2 aromatic heterocycles. The number of H-pyrrole nitrogens is 1. The molecule has 5 nitrogen and oxygen atoms in total. The molecule has 0 amide bonds. The van der Waals surface area contributed by atoms with E-state index in [-0.39, 0.29) is 0 Å². The first-order valence-electron chi connectivity index (χ1n) is 8.50. The lowest BCUT2D eigenvalue weighted by Crippen LogP contribution is -2.33. The zero-order chi connectivity index (χ0) is 16.5. The number of aromatic nitrogens is 2. The van der Waals surface area contributed by atoms with Crippen molar-refractivity contribution in [1.29, 1.82) is 0 Å². The molecule has 4 rings (SSSR count). The van der Waals surface area contributed by atoms with Crippen LogP contribution in [0.15, 0.2) is 42.6 Å². The van der Waals surface area contributed by atoms with Gasteiger partial charge in [-0.15, -0.1) is 0 Å². The van der Waals surface area contributed by atoms with Gasteiger partial charge < -0.3 is 16.5 Å². The van der Waals surface area contributed by atoms with Crippen LogP contribution in [0.1, 0.15) is 30.0 Å². The maximum atomic E-state index is 6.28. The molecule has 24 heavy (non-hydrogen) atoms. The van der Waals surface area contributed by atoms with Crippen molar-refractivity contribution < 1.29 is 0 Å². The zero-order valence-corrected chi connectivity index (χ0v) is 13.7. The number of nitrogens with zero attached hydrogens (tertiary/aromatic N) is 2. The predicted molar refractivity (Wildman–Crippen MR) is 98.6 cm³/mol. The number of benzene rings is 1. The Bertz CT molecular complexity index is 832. The van der Waals surface area contributed by atoms with E-state index in [0.717, 1.165) is 49.2 Å². The minimum Gasteiger partial charge on any atom is -0.396 e. The van der Waals surface area contributed by atoms with Gasteiger partial charge in [-0.2, -0.15) is 0 Å². The quantitative estimate of drug-likeness (QED) is 0.692. The Hall–Kier alpha value is -2.53. The smallest absolute Gasteiger partial charge is 0.139 e. The fourth-order valence-corrected chi connectivity index (χ4v) is 3.65. The average molecular weight is 321 g/mol. The largest absolute Gasteiger partial charge is 0.396 e. The van der Waals surface area contributed by atoms with Crippen LogP contribution in [0.5, 0.6) is 0 Å². The second-order valence-corrected chi connectivity index (χ2v) is 6.60. The number of hydrogen-bond acceptors (Lipinski definition) is 4. The number of likely N-dealkylation sites (tertiary alicyclic amines) is 1. The third-order valence-corrected chi connectivity index (χ3v) is 5.04. The molecule has 124 valence electrons. The molecule has 1 aliphatic heterocycles. The van der Waals surface area contributed by atoms with Crippen molar-refractivity contribution in [2.45, 2.75) is 25.3 Å². The van der Waals surface area contributed by atoms with Gasteiger partial charge in [-0.1, -0.05) is 30.3 Å². The third-order valence-electron chi connectivity index (χ3n) is 5.04. The van der Waals surface area contributed by atoms with Crippen molar-refractivity contribution in [1.82, 2.24) is 14.9 Å². The van der Waals surface area contributed by atoms with Crippen LogP contribution in [0.4, 0.5) is 11.4 Å². The van der Waals surface area contributed by atoms with Gasteiger partial charge in [0.15, 0.2) is 0 Å². The number of nitrogens with one attached hydrogen (secondary N) is 1. The fraction of sp³-hybridized carbons (Fsp3) is 0.316. The molecule has 0 aliphatic carbocycles. The van der Waals surface area contributed by atoms with Gasteiger partial charge in [0.05, 0.1) is 17.1 Å². The highest BCUT2D eigenvalue weighted by molar-refractivity contribution is 5.95. The van der Waals surface area contributed by atoms with E-state index >= 15 is 0 Å². The van der Waals surface area contributed by atoms with E-state index in [4.69, 9.17) is 16.5 Å². The van der Waals surface area contributed by atoms with Crippen LogP contribution < -0.4 is 11.5 Å². The van der Waals surface area contributed by atoms with E-state index in [1.165, 1.54) is 5.56 Å². The zero-order valence-electron chi connectivity index (χ0n) is 13.7. The highest BCUT2D eigenvalue weighted by Gasteiger charge is 2.25. The molecule has 0 bridgehead atoms. The lowest BCUT2D eigenvalue weighted by atomic mass is 9.91. The summed E-state index contributed by atoms with van der Waals surface area (Å²) in [4.78, 5) is 10.4. The summed E-state index contributed by atoms with van der Waals surface area (Å²) in [6.45, 7) is 3.13. The van der Waals surface area contributed by atoms with Gasteiger partial charge in [-0.05, 0) is 37.6 Å². The van der Waals surface area contributed by atoms with Crippen molar-refractivity contribution in [2.24, 2.45) is 0 Å². The highest BCUT2D eigenvalue weighted by atomic mass is 15.1. The molecular formula is C19H23N5. The maximum Gasteiger partial charge on any atom is 0.139 e. The molecule has 0 saturated carbocycles. The van der Waals surface area contributed by atoms with Gasteiger partial charge in [0.1, 0.15) is 5.65 Å². The summed E-state index contributed by atoms with van der Waals surface area (Å²) < 4.78 is 0. The van der Waals surface area contributed by atoms with Crippen molar-refractivity contribution in [3.8, 4) is 0 Å². The molecule has 1 saturated heterocycles. The first-order valence-corrected chi connectivity index (χ1v) is 8.50. The number of nitrogens with two attached hydrogens (primary N) is 2. The Morgan fingerprint density at radius 1 is 1.04 bits per heavy atom. The summed E-state index contributed by atoms with van der Waals surface area (Å²) in [5.74, 6) is 0.382. The Morgan fingerprint density at radius 3 is 2.54 bits per heavy atom. The van der Waals surface area contributed by atoms with Crippen molar-refractivity contribution in [3.05, 3.63) is 53.9 Å². The van der Waals surface area contributed by atoms with E-state index in [1.54, 1.807) is 0 Å². The first kappa shape index (κ1) is 15.0. The molecule has 0 radical (unpaired) electrons. The highest BCUT2D eigenvalue weighted by Crippen LogP contribution is 2.36. The molecule has 3 aromatic rings. The number of aromatic amines is 1. The molecule has 1 fully saturated rings. The van der Waals surface area contributed by atoms with Gasteiger partial charge in [0, 0.05) is 24.0 Å². The lowest BCUT2D eigenvalue weighted by Gasteiger charge is -2.32. The number of pyridine rings is 1. The van der Waals surface area contributed by atoms with Gasteiger partial charge in [-0.3, -0.25) is 4.90 Å². The Balaban J connectivity index is 1.49. The molecule has 3 heterocycles.